The van der Waals surface area contributed by atoms with E-state index < -0.39 is 15.0 Å². The van der Waals surface area contributed by atoms with Crippen LogP contribution in [0.5, 0.6) is 5.75 Å². The number of hydrogen-bond donors (Lipinski definition) is 0. The second-order valence-electron chi connectivity index (χ2n) is 3.62. The molecule has 1 rings (SSSR count). The molecule has 0 aliphatic rings. The van der Waals surface area contributed by atoms with E-state index in [9.17, 15) is 4.79 Å². The van der Waals surface area contributed by atoms with Crippen molar-refractivity contribution in [3.8, 4) is 5.75 Å². The Hall–Kier alpha value is -0.610. The fourth-order valence-electron chi connectivity index (χ4n) is 0.959. The van der Waals surface area contributed by atoms with Gasteiger partial charge in [-0.2, -0.15) is 0 Å². The molecule has 19 heavy (non-hydrogen) atoms. The van der Waals surface area contributed by atoms with Gasteiger partial charge in [-0.1, -0.05) is 48.0 Å². The van der Waals surface area contributed by atoms with Crippen LogP contribution in [0.4, 0.5) is 0 Å². The van der Waals surface area contributed by atoms with Gasteiger partial charge in [0.1, 0.15) is 5.75 Å². The highest BCUT2D eigenvalue weighted by molar-refractivity contribution is 6.61. The number of para-hydroxylation sites is 1. The Balaban J connectivity index is 2.85. The number of carbonyl (C=O) groups excluding carboxylic acids is 1. The minimum atomic E-state index is -2.30. The smallest absolute Gasteiger partial charge is 0.335 e. The number of alkyl halides is 4. The van der Waals surface area contributed by atoms with Crippen molar-refractivity contribution in [1.29, 1.82) is 0 Å². The number of esters is 1. The maximum atomic E-state index is 11.4. The van der Waals surface area contributed by atoms with Crippen LogP contribution in [0, 0.1) is 0 Å². The molecule has 0 bridgehead atoms. The molecular formula is C12H10Cl4O3. The van der Waals surface area contributed by atoms with Gasteiger partial charge in [-0.15, -0.1) is 0 Å². The predicted octanol–water partition coefficient (Wildman–Crippen LogP) is 4.45. The zero-order chi connectivity index (χ0) is 14.7. The first-order valence-electron chi connectivity index (χ1n) is 5.04. The number of rotatable bonds is 5. The molecule has 0 saturated carbocycles. The summed E-state index contributed by atoms with van der Waals surface area (Å²) in [5, 5.41) is 0. The van der Waals surface area contributed by atoms with Crippen LogP contribution in [-0.2, 0) is 9.53 Å². The first kappa shape index (κ1) is 16.4. The zero-order valence-electron chi connectivity index (χ0n) is 9.83. The van der Waals surface area contributed by atoms with Crippen LogP contribution in [0.25, 0.3) is 0 Å². The van der Waals surface area contributed by atoms with Crippen molar-refractivity contribution in [3.63, 3.8) is 0 Å². The second-order valence-corrected chi connectivity index (χ2v) is 6.13. The highest BCUT2D eigenvalue weighted by atomic mass is 35.5. The summed E-state index contributed by atoms with van der Waals surface area (Å²) in [5.74, 6) is -0.531. The van der Waals surface area contributed by atoms with Gasteiger partial charge in [-0.3, -0.25) is 0 Å². The van der Waals surface area contributed by atoms with Crippen LogP contribution >= 0.6 is 46.4 Å². The lowest BCUT2D eigenvalue weighted by atomic mass is 10.3. The molecule has 7 heteroatoms. The Labute approximate surface area is 131 Å². The molecule has 1 aromatic rings. The molecule has 0 fully saturated rings. The van der Waals surface area contributed by atoms with Crippen LogP contribution < -0.4 is 4.74 Å². The number of benzene rings is 1. The van der Waals surface area contributed by atoms with Gasteiger partial charge >= 0.3 is 15.0 Å². The largest absolute Gasteiger partial charge is 0.452 e. The van der Waals surface area contributed by atoms with Gasteiger partial charge in [0.15, 0.2) is 0 Å². The maximum Gasteiger partial charge on any atom is 0.335 e. The minimum absolute atomic E-state index is 0.0921. The Kier molecular flexibility index (Phi) is 5.39. The first-order chi connectivity index (χ1) is 8.66. The zero-order valence-corrected chi connectivity index (χ0v) is 12.9. The third-order valence-electron chi connectivity index (χ3n) is 1.90. The van der Waals surface area contributed by atoms with Crippen LogP contribution in [0.1, 0.15) is 6.92 Å². The van der Waals surface area contributed by atoms with Crippen molar-refractivity contribution >= 4 is 52.4 Å². The van der Waals surface area contributed by atoms with Crippen LogP contribution in [0.3, 0.4) is 0 Å². The SMILES string of the molecule is C=C(C)C(=O)OC(Cl)(Cl)C(Cl)(Cl)Oc1ccccc1. The van der Waals surface area contributed by atoms with Crippen LogP contribution in [-0.4, -0.2) is 15.0 Å². The molecule has 0 heterocycles. The summed E-state index contributed by atoms with van der Waals surface area (Å²) in [5.41, 5.74) is 0.0921. The fourth-order valence-corrected chi connectivity index (χ4v) is 1.43. The van der Waals surface area contributed by atoms with E-state index in [0.717, 1.165) is 0 Å². The third kappa shape index (κ3) is 4.46. The van der Waals surface area contributed by atoms with E-state index in [2.05, 4.69) is 6.58 Å². The first-order valence-corrected chi connectivity index (χ1v) is 6.55. The Morgan fingerprint density at radius 2 is 1.63 bits per heavy atom. The molecule has 0 spiro atoms. The van der Waals surface area contributed by atoms with E-state index >= 15 is 0 Å². The van der Waals surface area contributed by atoms with Gasteiger partial charge in [0.25, 0.3) is 0 Å². The maximum absolute atomic E-state index is 11.4. The minimum Gasteiger partial charge on any atom is -0.452 e. The van der Waals surface area contributed by atoms with E-state index in [0.29, 0.717) is 5.75 Å². The molecule has 0 saturated heterocycles. The Bertz CT molecular complexity index is 471. The summed E-state index contributed by atoms with van der Waals surface area (Å²) in [6, 6.07) is 8.34. The third-order valence-corrected chi connectivity index (χ3v) is 3.66. The summed E-state index contributed by atoms with van der Waals surface area (Å²) in [6.45, 7) is 4.81. The lowest BCUT2D eigenvalue weighted by molar-refractivity contribution is -0.146. The average Bonchev–Trinajstić information content (AvgIpc) is 2.28. The number of ether oxygens (including phenoxy) is 2. The molecule has 104 valence electrons. The molecule has 0 aliphatic heterocycles. The number of halogens is 4. The molecule has 1 aromatic carbocycles. The number of carbonyl (C=O) groups is 1. The van der Waals surface area contributed by atoms with Gasteiger partial charge < -0.3 is 9.47 Å². The summed E-state index contributed by atoms with van der Waals surface area (Å²) in [6.07, 6.45) is 0. The summed E-state index contributed by atoms with van der Waals surface area (Å²) < 4.78 is 5.45. The fraction of sp³-hybridized carbons (Fsp3) is 0.250. The number of hydrogen-bond acceptors (Lipinski definition) is 3. The normalized spacial score (nSPS) is 11.8. The monoisotopic (exact) mass is 342 g/mol. The highest BCUT2D eigenvalue weighted by Gasteiger charge is 2.54. The summed E-state index contributed by atoms with van der Waals surface area (Å²) >= 11 is 23.4. The summed E-state index contributed by atoms with van der Waals surface area (Å²) in [7, 11) is 0. The van der Waals surface area contributed by atoms with E-state index in [-0.39, 0.29) is 5.57 Å². The van der Waals surface area contributed by atoms with E-state index in [1.807, 2.05) is 0 Å². The lowest BCUT2D eigenvalue weighted by Gasteiger charge is -2.31. The van der Waals surface area contributed by atoms with E-state index in [4.69, 9.17) is 55.9 Å². The Morgan fingerprint density at radius 1 is 1.11 bits per heavy atom. The lowest BCUT2D eigenvalue weighted by Crippen LogP contribution is -2.45. The van der Waals surface area contributed by atoms with Gasteiger partial charge in [0.2, 0.25) is 0 Å². The Morgan fingerprint density at radius 3 is 2.11 bits per heavy atom. The molecule has 0 radical (unpaired) electrons. The molecular weight excluding hydrogens is 334 g/mol. The van der Waals surface area contributed by atoms with Crippen LogP contribution in [0.15, 0.2) is 42.5 Å². The quantitative estimate of drug-likeness (QED) is 0.450. The molecule has 0 unspecified atom stereocenters. The second kappa shape index (κ2) is 6.23. The standard InChI is InChI=1S/C12H10Cl4O3/c1-8(2)10(17)19-12(15,16)11(13,14)18-9-6-4-3-5-7-9/h3-7H,1H2,2H3. The van der Waals surface area contributed by atoms with Crippen molar-refractivity contribution < 1.29 is 14.3 Å². The van der Waals surface area contributed by atoms with Crippen LogP contribution in [0.2, 0.25) is 0 Å². The average molecular weight is 344 g/mol. The molecule has 0 aromatic heterocycles. The highest BCUT2D eigenvalue weighted by Crippen LogP contribution is 2.45. The van der Waals surface area contributed by atoms with Crippen molar-refractivity contribution in [2.45, 2.75) is 16.0 Å². The molecule has 0 atom stereocenters. The molecule has 0 amide bonds. The molecule has 0 N–H and O–H groups in total. The van der Waals surface area contributed by atoms with Crippen molar-refractivity contribution in [2.24, 2.45) is 0 Å². The molecule has 3 nitrogen and oxygen atoms in total. The van der Waals surface area contributed by atoms with Gasteiger partial charge in [0, 0.05) is 5.57 Å². The van der Waals surface area contributed by atoms with E-state index in [1.54, 1.807) is 30.3 Å². The van der Waals surface area contributed by atoms with Gasteiger partial charge in [-0.25, -0.2) is 4.79 Å². The van der Waals surface area contributed by atoms with Crippen molar-refractivity contribution in [3.05, 3.63) is 42.5 Å². The predicted molar refractivity (Wildman–Crippen MR) is 76.9 cm³/mol. The van der Waals surface area contributed by atoms with Gasteiger partial charge in [0.05, 0.1) is 0 Å². The molecule has 0 aliphatic carbocycles. The van der Waals surface area contributed by atoms with Crippen molar-refractivity contribution in [1.82, 2.24) is 0 Å². The summed E-state index contributed by atoms with van der Waals surface area (Å²) in [4.78, 5) is 11.4. The van der Waals surface area contributed by atoms with Crippen molar-refractivity contribution in [2.75, 3.05) is 0 Å². The topological polar surface area (TPSA) is 35.5 Å². The van der Waals surface area contributed by atoms with E-state index in [1.165, 1.54) is 6.92 Å². The van der Waals surface area contributed by atoms with Gasteiger partial charge in [-0.05, 0) is 42.3 Å².